The SMILES string of the molecule is CC(=O)c1cccc(-c2[nH]c(C(=O)O)c(-c3ccccc3)c2C)c1. The van der Waals surface area contributed by atoms with E-state index in [-0.39, 0.29) is 11.5 Å². The lowest BCUT2D eigenvalue weighted by Gasteiger charge is -2.05. The lowest BCUT2D eigenvalue weighted by atomic mass is 9.98. The molecule has 0 unspecified atom stereocenters. The zero-order chi connectivity index (χ0) is 17.3. The maximum atomic E-state index is 11.7. The number of ketones is 1. The normalized spacial score (nSPS) is 10.6. The van der Waals surface area contributed by atoms with E-state index in [9.17, 15) is 14.7 Å². The molecule has 3 aromatic rings. The average molecular weight is 319 g/mol. The topological polar surface area (TPSA) is 70.2 Å². The van der Waals surface area contributed by atoms with Gasteiger partial charge in [0.1, 0.15) is 5.69 Å². The predicted octanol–water partition coefficient (Wildman–Crippen LogP) is 4.56. The average Bonchev–Trinajstić information content (AvgIpc) is 2.93. The number of H-pyrrole nitrogens is 1. The van der Waals surface area contributed by atoms with Crippen LogP contribution in [0.4, 0.5) is 0 Å². The first kappa shape index (κ1) is 15.7. The molecule has 0 spiro atoms. The van der Waals surface area contributed by atoms with Gasteiger partial charge in [-0.05, 0) is 36.6 Å². The molecule has 0 aliphatic heterocycles. The number of benzene rings is 2. The Morgan fingerprint density at radius 1 is 0.958 bits per heavy atom. The Balaban J connectivity index is 2.23. The molecule has 24 heavy (non-hydrogen) atoms. The number of nitrogens with one attached hydrogen (secondary N) is 1. The van der Waals surface area contributed by atoms with Crippen molar-refractivity contribution in [3.8, 4) is 22.4 Å². The Kier molecular flexibility index (Phi) is 4.04. The third-order valence-electron chi connectivity index (χ3n) is 4.08. The van der Waals surface area contributed by atoms with E-state index >= 15 is 0 Å². The number of hydrogen-bond acceptors (Lipinski definition) is 2. The highest BCUT2D eigenvalue weighted by atomic mass is 16.4. The Bertz CT molecular complexity index is 923. The number of Topliss-reactive ketones (excluding diaryl/α,β-unsaturated/α-hetero) is 1. The standard InChI is InChI=1S/C20H17NO3/c1-12-17(14-7-4-3-5-8-14)19(20(23)24)21-18(12)16-10-6-9-15(11-16)13(2)22/h3-11,21H,1-2H3,(H,23,24). The smallest absolute Gasteiger partial charge is 0.352 e. The summed E-state index contributed by atoms with van der Waals surface area (Å²) >= 11 is 0. The van der Waals surface area contributed by atoms with Gasteiger partial charge < -0.3 is 10.1 Å². The predicted molar refractivity (Wildman–Crippen MR) is 93.4 cm³/mol. The van der Waals surface area contributed by atoms with E-state index in [0.29, 0.717) is 16.8 Å². The molecule has 0 fully saturated rings. The summed E-state index contributed by atoms with van der Waals surface area (Å²) in [5.74, 6) is -1.03. The summed E-state index contributed by atoms with van der Waals surface area (Å²) in [5.41, 5.74) is 4.63. The third-order valence-corrected chi connectivity index (χ3v) is 4.08. The molecular weight excluding hydrogens is 302 g/mol. The highest BCUT2D eigenvalue weighted by Crippen LogP contribution is 2.35. The molecule has 3 rings (SSSR count). The van der Waals surface area contributed by atoms with Crippen LogP contribution in [0.3, 0.4) is 0 Å². The molecule has 0 saturated heterocycles. The number of carbonyl (C=O) groups is 2. The molecule has 1 heterocycles. The molecule has 2 aromatic carbocycles. The molecule has 0 bridgehead atoms. The van der Waals surface area contributed by atoms with Crippen molar-refractivity contribution in [1.29, 1.82) is 0 Å². The summed E-state index contributed by atoms with van der Waals surface area (Å²) in [7, 11) is 0. The Morgan fingerprint density at radius 3 is 2.25 bits per heavy atom. The minimum atomic E-state index is -1.01. The largest absolute Gasteiger partial charge is 0.477 e. The van der Waals surface area contributed by atoms with Crippen molar-refractivity contribution in [3.63, 3.8) is 0 Å². The van der Waals surface area contributed by atoms with Crippen molar-refractivity contribution in [2.75, 3.05) is 0 Å². The van der Waals surface area contributed by atoms with Crippen LogP contribution in [0.1, 0.15) is 33.3 Å². The first-order valence-electron chi connectivity index (χ1n) is 7.61. The van der Waals surface area contributed by atoms with Crippen LogP contribution in [0, 0.1) is 6.92 Å². The van der Waals surface area contributed by atoms with Gasteiger partial charge >= 0.3 is 5.97 Å². The van der Waals surface area contributed by atoms with E-state index in [1.165, 1.54) is 6.92 Å². The number of rotatable bonds is 4. The molecule has 0 amide bonds. The summed E-state index contributed by atoms with van der Waals surface area (Å²) in [5, 5.41) is 9.57. The summed E-state index contributed by atoms with van der Waals surface area (Å²) in [4.78, 5) is 26.3. The third kappa shape index (κ3) is 2.74. The maximum absolute atomic E-state index is 11.7. The first-order chi connectivity index (χ1) is 11.5. The summed E-state index contributed by atoms with van der Waals surface area (Å²) in [6, 6.07) is 16.6. The Morgan fingerprint density at radius 2 is 1.62 bits per heavy atom. The zero-order valence-electron chi connectivity index (χ0n) is 13.5. The number of carbonyl (C=O) groups excluding carboxylic acids is 1. The van der Waals surface area contributed by atoms with Gasteiger partial charge in [0, 0.05) is 16.8 Å². The van der Waals surface area contributed by atoms with Crippen LogP contribution in [0.15, 0.2) is 54.6 Å². The van der Waals surface area contributed by atoms with Crippen molar-refractivity contribution in [2.24, 2.45) is 0 Å². The van der Waals surface area contributed by atoms with E-state index in [1.54, 1.807) is 18.2 Å². The molecule has 4 nitrogen and oxygen atoms in total. The van der Waals surface area contributed by atoms with Crippen LogP contribution < -0.4 is 0 Å². The highest BCUT2D eigenvalue weighted by molar-refractivity contribution is 5.99. The Labute approximate surface area is 139 Å². The second-order valence-corrected chi connectivity index (χ2v) is 5.68. The second kappa shape index (κ2) is 6.16. The van der Waals surface area contributed by atoms with Gasteiger partial charge in [-0.2, -0.15) is 0 Å². The highest BCUT2D eigenvalue weighted by Gasteiger charge is 2.21. The van der Waals surface area contributed by atoms with E-state index in [4.69, 9.17) is 0 Å². The van der Waals surface area contributed by atoms with Crippen molar-refractivity contribution < 1.29 is 14.7 Å². The molecule has 120 valence electrons. The van der Waals surface area contributed by atoms with E-state index in [1.807, 2.05) is 43.3 Å². The molecule has 0 radical (unpaired) electrons. The number of carboxylic acid groups (broad SMARTS) is 1. The van der Waals surface area contributed by atoms with E-state index in [0.717, 1.165) is 16.7 Å². The monoisotopic (exact) mass is 319 g/mol. The lowest BCUT2D eigenvalue weighted by molar-refractivity contribution is 0.0692. The minimum Gasteiger partial charge on any atom is -0.477 e. The van der Waals surface area contributed by atoms with Crippen LogP contribution in [0.25, 0.3) is 22.4 Å². The van der Waals surface area contributed by atoms with Crippen LogP contribution in [-0.4, -0.2) is 21.8 Å². The molecule has 0 saturated carbocycles. The van der Waals surface area contributed by atoms with Gasteiger partial charge in [-0.25, -0.2) is 4.79 Å². The number of aromatic amines is 1. The van der Waals surface area contributed by atoms with Gasteiger partial charge in [0.2, 0.25) is 0 Å². The van der Waals surface area contributed by atoms with Crippen LogP contribution in [-0.2, 0) is 0 Å². The summed E-state index contributed by atoms with van der Waals surface area (Å²) < 4.78 is 0. The van der Waals surface area contributed by atoms with Crippen LogP contribution >= 0.6 is 0 Å². The second-order valence-electron chi connectivity index (χ2n) is 5.68. The van der Waals surface area contributed by atoms with Gasteiger partial charge in [0.25, 0.3) is 0 Å². The van der Waals surface area contributed by atoms with Gasteiger partial charge in [0.05, 0.1) is 0 Å². The molecular formula is C20H17NO3. The molecule has 0 atom stereocenters. The van der Waals surface area contributed by atoms with Crippen LogP contribution in [0.2, 0.25) is 0 Å². The van der Waals surface area contributed by atoms with Crippen molar-refractivity contribution in [1.82, 2.24) is 4.98 Å². The number of hydrogen-bond donors (Lipinski definition) is 2. The first-order valence-corrected chi connectivity index (χ1v) is 7.61. The Hall–Kier alpha value is -3.14. The lowest BCUT2D eigenvalue weighted by Crippen LogP contribution is -1.99. The molecule has 2 N–H and O–H groups in total. The van der Waals surface area contributed by atoms with E-state index in [2.05, 4.69) is 4.98 Å². The van der Waals surface area contributed by atoms with Crippen LogP contribution in [0.5, 0.6) is 0 Å². The number of aromatic nitrogens is 1. The molecule has 0 aliphatic carbocycles. The van der Waals surface area contributed by atoms with Gasteiger partial charge in [-0.15, -0.1) is 0 Å². The van der Waals surface area contributed by atoms with Crippen molar-refractivity contribution in [3.05, 3.63) is 71.4 Å². The molecule has 1 aromatic heterocycles. The number of carboxylic acids is 1. The fourth-order valence-electron chi connectivity index (χ4n) is 2.90. The summed E-state index contributed by atoms with van der Waals surface area (Å²) in [6.07, 6.45) is 0. The fourth-order valence-corrected chi connectivity index (χ4v) is 2.90. The number of aromatic carboxylic acids is 1. The van der Waals surface area contributed by atoms with Gasteiger partial charge in [0.15, 0.2) is 5.78 Å². The zero-order valence-corrected chi connectivity index (χ0v) is 13.5. The van der Waals surface area contributed by atoms with Crippen molar-refractivity contribution in [2.45, 2.75) is 13.8 Å². The summed E-state index contributed by atoms with van der Waals surface area (Å²) in [6.45, 7) is 3.40. The van der Waals surface area contributed by atoms with Crippen molar-refractivity contribution >= 4 is 11.8 Å². The fraction of sp³-hybridized carbons (Fsp3) is 0.100. The molecule has 0 aliphatic rings. The quantitative estimate of drug-likeness (QED) is 0.693. The van der Waals surface area contributed by atoms with Gasteiger partial charge in [-0.3, -0.25) is 4.79 Å². The van der Waals surface area contributed by atoms with E-state index < -0.39 is 5.97 Å². The van der Waals surface area contributed by atoms with Gasteiger partial charge in [-0.1, -0.05) is 48.5 Å². The minimum absolute atomic E-state index is 0.0252. The maximum Gasteiger partial charge on any atom is 0.352 e. The molecule has 4 heteroatoms.